The summed E-state index contributed by atoms with van der Waals surface area (Å²) in [6.45, 7) is 6.25. The number of carboxylic acid groups (broad SMARTS) is 1. The van der Waals surface area contributed by atoms with Gasteiger partial charge in [-0.25, -0.2) is 0 Å². The summed E-state index contributed by atoms with van der Waals surface area (Å²) in [5, 5.41) is 9.15. The number of hydrogen-bond acceptors (Lipinski definition) is 4. The predicted molar refractivity (Wildman–Crippen MR) is 58.0 cm³/mol. The van der Waals surface area contributed by atoms with Gasteiger partial charge in [0.15, 0.2) is 0 Å². The molecule has 0 aliphatic carbocycles. The SMILES string of the molecule is CC1CC(C(=O)O)C2CO[Si](C(C)C)(O1)O2. The van der Waals surface area contributed by atoms with Crippen LogP contribution in [0.1, 0.15) is 27.2 Å². The van der Waals surface area contributed by atoms with Crippen molar-refractivity contribution in [1.82, 2.24) is 0 Å². The van der Waals surface area contributed by atoms with Crippen molar-refractivity contribution in [1.29, 1.82) is 0 Å². The van der Waals surface area contributed by atoms with Gasteiger partial charge in [-0.05, 0) is 13.3 Å². The van der Waals surface area contributed by atoms with Gasteiger partial charge in [-0.2, -0.15) is 0 Å². The van der Waals surface area contributed by atoms with Crippen LogP contribution in [-0.4, -0.2) is 38.7 Å². The molecule has 0 spiro atoms. The van der Waals surface area contributed by atoms with E-state index in [9.17, 15) is 4.79 Å². The monoisotopic (exact) mass is 246 g/mol. The fourth-order valence-electron chi connectivity index (χ4n) is 2.27. The van der Waals surface area contributed by atoms with Crippen molar-refractivity contribution in [3.8, 4) is 0 Å². The van der Waals surface area contributed by atoms with E-state index in [0.717, 1.165) is 0 Å². The normalized spacial score (nSPS) is 43.4. The molecule has 0 aromatic carbocycles. The Kier molecular flexibility index (Phi) is 3.09. The van der Waals surface area contributed by atoms with Crippen LogP contribution in [0.5, 0.6) is 0 Å². The van der Waals surface area contributed by atoms with Gasteiger partial charge in [0.25, 0.3) is 0 Å². The van der Waals surface area contributed by atoms with Crippen molar-refractivity contribution in [2.45, 2.75) is 44.9 Å². The molecule has 4 unspecified atom stereocenters. The smallest absolute Gasteiger partial charge is 0.481 e. The van der Waals surface area contributed by atoms with Gasteiger partial charge in [0, 0.05) is 11.6 Å². The summed E-state index contributed by atoms with van der Waals surface area (Å²) >= 11 is 0. The van der Waals surface area contributed by atoms with Crippen LogP contribution in [0.15, 0.2) is 0 Å². The first-order valence-corrected chi connectivity index (χ1v) is 7.47. The third kappa shape index (κ3) is 1.90. The maximum absolute atomic E-state index is 11.1. The summed E-state index contributed by atoms with van der Waals surface area (Å²) in [4.78, 5) is 11.1. The van der Waals surface area contributed by atoms with Gasteiger partial charge >= 0.3 is 14.8 Å². The van der Waals surface area contributed by atoms with Crippen LogP contribution >= 0.6 is 0 Å². The molecule has 2 bridgehead atoms. The summed E-state index contributed by atoms with van der Waals surface area (Å²) in [6, 6.07) is 0. The molecule has 0 saturated carbocycles. The van der Waals surface area contributed by atoms with Gasteiger partial charge in [-0.3, -0.25) is 4.79 Å². The minimum absolute atomic E-state index is 0.111. The number of aliphatic carboxylic acids is 1. The molecule has 0 radical (unpaired) electrons. The van der Waals surface area contributed by atoms with Gasteiger partial charge < -0.3 is 18.4 Å². The molecule has 4 atom stereocenters. The molecule has 6 heteroatoms. The van der Waals surface area contributed by atoms with Gasteiger partial charge in [0.2, 0.25) is 0 Å². The predicted octanol–water partition coefficient (Wildman–Crippen LogP) is 1.26. The van der Waals surface area contributed by atoms with E-state index >= 15 is 0 Å². The van der Waals surface area contributed by atoms with Crippen LogP contribution in [0, 0.1) is 5.92 Å². The lowest BCUT2D eigenvalue weighted by Crippen LogP contribution is -2.45. The third-order valence-electron chi connectivity index (χ3n) is 3.19. The van der Waals surface area contributed by atoms with Crippen LogP contribution in [0.3, 0.4) is 0 Å². The molecular weight excluding hydrogens is 228 g/mol. The van der Waals surface area contributed by atoms with Crippen molar-refractivity contribution in [3.63, 3.8) is 0 Å². The highest BCUT2D eigenvalue weighted by Gasteiger charge is 2.57. The Hall–Kier alpha value is -0.433. The number of rotatable bonds is 2. The van der Waals surface area contributed by atoms with Gasteiger partial charge in [0.1, 0.15) is 0 Å². The number of fused-ring (bicyclic) bond motifs is 2. The standard InChI is InChI=1S/C10H18O5Si/c1-6(2)16-13-5-9(15-16)8(10(11)12)4-7(3)14-16/h6-9H,4-5H2,1-3H3,(H,11,12). The van der Waals surface area contributed by atoms with Gasteiger partial charge in [0.05, 0.1) is 18.6 Å². The molecule has 2 fully saturated rings. The summed E-state index contributed by atoms with van der Waals surface area (Å²) in [5.41, 5.74) is 0.174. The third-order valence-corrected chi connectivity index (χ3v) is 6.53. The maximum atomic E-state index is 11.1. The van der Waals surface area contributed by atoms with E-state index in [1.54, 1.807) is 0 Å². The van der Waals surface area contributed by atoms with Gasteiger partial charge in [-0.15, -0.1) is 0 Å². The molecule has 92 valence electrons. The highest BCUT2D eigenvalue weighted by Crippen LogP contribution is 2.39. The van der Waals surface area contributed by atoms with Crippen LogP contribution < -0.4 is 0 Å². The molecule has 1 N–H and O–H groups in total. The van der Waals surface area contributed by atoms with Crippen molar-refractivity contribution in [3.05, 3.63) is 0 Å². The number of carbonyl (C=O) groups is 1. The second kappa shape index (κ2) is 4.10. The zero-order chi connectivity index (χ0) is 11.9. The second-order valence-electron chi connectivity index (χ2n) is 4.83. The fraction of sp³-hybridized carbons (Fsp3) is 0.900. The van der Waals surface area contributed by atoms with E-state index in [4.69, 9.17) is 18.4 Å². The molecule has 2 heterocycles. The number of hydrogen-bond donors (Lipinski definition) is 1. The summed E-state index contributed by atoms with van der Waals surface area (Å²) in [5.74, 6) is -1.33. The molecule has 16 heavy (non-hydrogen) atoms. The van der Waals surface area contributed by atoms with E-state index in [1.807, 2.05) is 20.8 Å². The second-order valence-corrected chi connectivity index (χ2v) is 7.96. The van der Waals surface area contributed by atoms with E-state index in [0.29, 0.717) is 13.0 Å². The summed E-state index contributed by atoms with van der Waals surface area (Å²) in [6.07, 6.45) is 0.0576. The van der Waals surface area contributed by atoms with Crippen LogP contribution in [0.4, 0.5) is 0 Å². The van der Waals surface area contributed by atoms with Crippen LogP contribution in [0.25, 0.3) is 0 Å². The minimum atomic E-state index is -2.62. The van der Waals surface area contributed by atoms with Crippen molar-refractivity contribution < 1.29 is 23.2 Å². The first kappa shape index (κ1) is 12.0. The lowest BCUT2D eigenvalue weighted by Gasteiger charge is -2.28. The fourth-order valence-corrected chi connectivity index (χ4v) is 5.05. The minimum Gasteiger partial charge on any atom is -0.481 e. The molecular formula is C10H18O5Si. The highest BCUT2D eigenvalue weighted by molar-refractivity contribution is 6.62. The summed E-state index contributed by atoms with van der Waals surface area (Å²) < 4.78 is 17.4. The molecule has 2 rings (SSSR count). The van der Waals surface area contributed by atoms with E-state index < -0.39 is 20.7 Å². The molecule has 2 aliphatic heterocycles. The zero-order valence-corrected chi connectivity index (χ0v) is 10.8. The van der Waals surface area contributed by atoms with Crippen molar-refractivity contribution >= 4 is 14.8 Å². The van der Waals surface area contributed by atoms with Crippen molar-refractivity contribution in [2.75, 3.05) is 6.61 Å². The molecule has 0 amide bonds. The maximum Gasteiger partial charge on any atom is 0.504 e. The molecule has 0 aromatic rings. The average molecular weight is 246 g/mol. The number of carboxylic acids is 1. The van der Waals surface area contributed by atoms with E-state index in [-0.39, 0.29) is 17.7 Å². The molecule has 2 saturated heterocycles. The Labute approximate surface area is 96.1 Å². The first-order chi connectivity index (χ1) is 7.44. The topological polar surface area (TPSA) is 65.0 Å². The molecule has 2 aliphatic rings. The Morgan fingerprint density at radius 3 is 2.69 bits per heavy atom. The average Bonchev–Trinajstić information content (AvgIpc) is 2.51. The zero-order valence-electron chi connectivity index (χ0n) is 9.80. The quantitative estimate of drug-likeness (QED) is 0.743. The van der Waals surface area contributed by atoms with E-state index in [2.05, 4.69) is 0 Å². The highest BCUT2D eigenvalue weighted by atomic mass is 28.4. The van der Waals surface area contributed by atoms with Gasteiger partial charge in [-0.1, -0.05) is 13.8 Å². The Balaban J connectivity index is 2.23. The Morgan fingerprint density at radius 1 is 1.44 bits per heavy atom. The first-order valence-electron chi connectivity index (χ1n) is 5.67. The Bertz CT molecular complexity index is 295. The summed E-state index contributed by atoms with van der Waals surface area (Å²) in [7, 11) is -2.62. The van der Waals surface area contributed by atoms with Crippen molar-refractivity contribution in [2.24, 2.45) is 5.92 Å². The lowest BCUT2D eigenvalue weighted by molar-refractivity contribution is -0.145. The molecule has 5 nitrogen and oxygen atoms in total. The largest absolute Gasteiger partial charge is 0.504 e. The molecule has 0 aromatic heterocycles. The van der Waals surface area contributed by atoms with E-state index in [1.165, 1.54) is 0 Å². The lowest BCUT2D eigenvalue weighted by atomic mass is 9.96. The van der Waals surface area contributed by atoms with Crippen LogP contribution in [0.2, 0.25) is 5.54 Å². The van der Waals surface area contributed by atoms with Crippen LogP contribution in [-0.2, 0) is 18.1 Å². The Morgan fingerprint density at radius 2 is 2.12 bits per heavy atom.